The average Bonchev–Trinajstić information content (AvgIpc) is 3.11. The van der Waals surface area contributed by atoms with E-state index in [0.29, 0.717) is 29.8 Å². The van der Waals surface area contributed by atoms with Crippen LogP contribution in [0.4, 0.5) is 5.69 Å². The predicted molar refractivity (Wildman–Crippen MR) is 87.2 cm³/mol. The summed E-state index contributed by atoms with van der Waals surface area (Å²) in [5, 5.41) is 10.3. The number of amides is 1. The second-order valence-corrected chi connectivity index (χ2v) is 6.08. The molecule has 0 spiro atoms. The van der Waals surface area contributed by atoms with Gasteiger partial charge >= 0.3 is 0 Å². The van der Waals surface area contributed by atoms with E-state index in [1.54, 1.807) is 23.3 Å². The zero-order chi connectivity index (χ0) is 16.1. The Morgan fingerprint density at radius 2 is 2.43 bits per heavy atom. The van der Waals surface area contributed by atoms with Crippen molar-refractivity contribution < 1.29 is 4.79 Å². The van der Waals surface area contributed by atoms with Crippen LogP contribution in [-0.2, 0) is 4.79 Å². The maximum absolute atomic E-state index is 12.2. The number of piperidine rings is 1. The van der Waals surface area contributed by atoms with E-state index in [1.165, 1.54) is 19.2 Å². The van der Waals surface area contributed by atoms with Gasteiger partial charge in [0.05, 0.1) is 11.9 Å². The van der Waals surface area contributed by atoms with Gasteiger partial charge in [0.15, 0.2) is 5.82 Å². The molecule has 7 nitrogen and oxygen atoms in total. The molecule has 0 saturated carbocycles. The summed E-state index contributed by atoms with van der Waals surface area (Å²) < 4.78 is 1.57. The number of pyridine rings is 1. The summed E-state index contributed by atoms with van der Waals surface area (Å²) in [5.41, 5.74) is 0.702. The molecular weight excluding hydrogens is 292 g/mol. The van der Waals surface area contributed by atoms with Crippen LogP contribution >= 0.6 is 0 Å². The molecule has 122 valence electrons. The number of hydrogen-bond donors (Lipinski definition) is 2. The van der Waals surface area contributed by atoms with Crippen LogP contribution in [0.15, 0.2) is 31.0 Å². The van der Waals surface area contributed by atoms with Crippen LogP contribution in [0.5, 0.6) is 0 Å². The molecule has 0 aliphatic carbocycles. The first kappa shape index (κ1) is 15.6. The fourth-order valence-corrected chi connectivity index (χ4v) is 2.96. The molecule has 23 heavy (non-hydrogen) atoms. The van der Waals surface area contributed by atoms with E-state index in [1.807, 2.05) is 6.07 Å². The highest BCUT2D eigenvalue weighted by atomic mass is 16.1. The van der Waals surface area contributed by atoms with E-state index in [9.17, 15) is 4.79 Å². The molecule has 1 fully saturated rings. The standard InChI is InChI=1S/C16H22N6O/c1-12(13-3-2-6-17-8-13)7-16(23)21-14-4-5-15(19-9-14)22-11-18-10-20-22/h4-5,9-13,17H,2-3,6-8H2,1H3,(H,21,23). The summed E-state index contributed by atoms with van der Waals surface area (Å²) in [6.07, 6.45) is 7.62. The Bertz CT molecular complexity index is 619. The molecule has 0 aromatic carbocycles. The molecule has 1 aliphatic heterocycles. The van der Waals surface area contributed by atoms with Crippen LogP contribution in [-0.4, -0.2) is 38.7 Å². The smallest absolute Gasteiger partial charge is 0.224 e. The van der Waals surface area contributed by atoms with Gasteiger partial charge in [-0.25, -0.2) is 14.6 Å². The Labute approximate surface area is 135 Å². The highest BCUT2D eigenvalue weighted by molar-refractivity contribution is 5.90. The van der Waals surface area contributed by atoms with E-state index in [4.69, 9.17) is 0 Å². The van der Waals surface area contributed by atoms with Gasteiger partial charge in [-0.15, -0.1) is 0 Å². The first-order valence-corrected chi connectivity index (χ1v) is 8.04. The molecule has 3 rings (SSSR count). The molecule has 0 bridgehead atoms. The molecule has 0 radical (unpaired) electrons. The van der Waals surface area contributed by atoms with Crippen molar-refractivity contribution in [2.45, 2.75) is 26.2 Å². The Morgan fingerprint density at radius 3 is 3.09 bits per heavy atom. The van der Waals surface area contributed by atoms with Crippen LogP contribution in [0.25, 0.3) is 5.82 Å². The Hall–Kier alpha value is -2.28. The third-order valence-corrected chi connectivity index (χ3v) is 4.33. The first-order valence-electron chi connectivity index (χ1n) is 8.04. The van der Waals surface area contributed by atoms with E-state index in [0.717, 1.165) is 13.1 Å². The van der Waals surface area contributed by atoms with Crippen molar-refractivity contribution in [1.82, 2.24) is 25.1 Å². The lowest BCUT2D eigenvalue weighted by Gasteiger charge is -2.28. The molecule has 1 amide bonds. The molecule has 1 aliphatic rings. The monoisotopic (exact) mass is 314 g/mol. The fourth-order valence-electron chi connectivity index (χ4n) is 2.96. The molecular formula is C16H22N6O. The summed E-state index contributed by atoms with van der Waals surface area (Å²) in [6.45, 7) is 4.27. The van der Waals surface area contributed by atoms with Crippen LogP contribution in [0.1, 0.15) is 26.2 Å². The van der Waals surface area contributed by atoms with Gasteiger partial charge in [0.2, 0.25) is 5.91 Å². The highest BCUT2D eigenvalue weighted by Gasteiger charge is 2.22. The van der Waals surface area contributed by atoms with Crippen LogP contribution in [0.3, 0.4) is 0 Å². The van der Waals surface area contributed by atoms with Crippen LogP contribution in [0.2, 0.25) is 0 Å². The van der Waals surface area contributed by atoms with E-state index < -0.39 is 0 Å². The van der Waals surface area contributed by atoms with Crippen molar-refractivity contribution in [1.29, 1.82) is 0 Å². The molecule has 3 heterocycles. The first-order chi connectivity index (χ1) is 11.2. The van der Waals surface area contributed by atoms with Crippen molar-refractivity contribution in [3.8, 4) is 5.82 Å². The SMILES string of the molecule is CC(CC(=O)Nc1ccc(-n2cncn2)nc1)C1CCCNC1. The third-order valence-electron chi connectivity index (χ3n) is 4.33. The summed E-state index contributed by atoms with van der Waals surface area (Å²) in [7, 11) is 0. The van der Waals surface area contributed by atoms with Crippen LogP contribution in [0, 0.1) is 11.8 Å². The predicted octanol–water partition coefficient (Wildman–Crippen LogP) is 1.63. The van der Waals surface area contributed by atoms with Crippen molar-refractivity contribution in [3.63, 3.8) is 0 Å². The van der Waals surface area contributed by atoms with E-state index in [2.05, 4.69) is 32.6 Å². The normalized spacial score (nSPS) is 19.3. The third kappa shape index (κ3) is 4.13. The molecule has 2 aromatic heterocycles. The quantitative estimate of drug-likeness (QED) is 0.876. The molecule has 2 unspecified atom stereocenters. The minimum atomic E-state index is 0.0402. The fraction of sp³-hybridized carbons (Fsp3) is 0.500. The Balaban J connectivity index is 1.53. The van der Waals surface area contributed by atoms with E-state index in [-0.39, 0.29) is 5.91 Å². The van der Waals surface area contributed by atoms with Crippen molar-refractivity contribution in [2.75, 3.05) is 18.4 Å². The maximum atomic E-state index is 12.2. The number of nitrogens with one attached hydrogen (secondary N) is 2. The summed E-state index contributed by atoms with van der Waals surface area (Å²) >= 11 is 0. The second-order valence-electron chi connectivity index (χ2n) is 6.08. The Kier molecular flexibility index (Phi) is 4.97. The zero-order valence-corrected chi connectivity index (χ0v) is 13.3. The van der Waals surface area contributed by atoms with Gasteiger partial charge < -0.3 is 10.6 Å². The molecule has 1 saturated heterocycles. The number of nitrogens with zero attached hydrogens (tertiary/aromatic N) is 4. The topological polar surface area (TPSA) is 84.7 Å². The number of anilines is 1. The lowest BCUT2D eigenvalue weighted by molar-refractivity contribution is -0.117. The number of aromatic nitrogens is 4. The Morgan fingerprint density at radius 1 is 1.52 bits per heavy atom. The van der Waals surface area contributed by atoms with Gasteiger partial charge in [0, 0.05) is 6.42 Å². The van der Waals surface area contributed by atoms with Crippen molar-refractivity contribution in [2.24, 2.45) is 11.8 Å². The molecule has 2 atom stereocenters. The summed E-state index contributed by atoms with van der Waals surface area (Å²) in [4.78, 5) is 20.4. The second kappa shape index (κ2) is 7.32. The van der Waals surface area contributed by atoms with Gasteiger partial charge in [-0.3, -0.25) is 4.79 Å². The van der Waals surface area contributed by atoms with Crippen molar-refractivity contribution >= 4 is 11.6 Å². The number of carbonyl (C=O) groups excluding carboxylic acids is 1. The van der Waals surface area contributed by atoms with Crippen LogP contribution < -0.4 is 10.6 Å². The van der Waals surface area contributed by atoms with Gasteiger partial charge in [-0.1, -0.05) is 6.92 Å². The lowest BCUT2D eigenvalue weighted by atomic mass is 9.85. The molecule has 2 aromatic rings. The van der Waals surface area contributed by atoms with Gasteiger partial charge in [-0.2, -0.15) is 5.10 Å². The molecule has 2 N–H and O–H groups in total. The summed E-state index contributed by atoms with van der Waals surface area (Å²) in [5.74, 6) is 1.67. The zero-order valence-electron chi connectivity index (χ0n) is 13.3. The minimum Gasteiger partial charge on any atom is -0.325 e. The average molecular weight is 314 g/mol. The largest absolute Gasteiger partial charge is 0.325 e. The van der Waals surface area contributed by atoms with Gasteiger partial charge in [0.1, 0.15) is 12.7 Å². The summed E-state index contributed by atoms with van der Waals surface area (Å²) in [6, 6.07) is 3.63. The number of carbonyl (C=O) groups is 1. The minimum absolute atomic E-state index is 0.0402. The number of hydrogen-bond acceptors (Lipinski definition) is 5. The maximum Gasteiger partial charge on any atom is 0.224 e. The molecule has 7 heteroatoms. The number of rotatable bonds is 5. The highest BCUT2D eigenvalue weighted by Crippen LogP contribution is 2.23. The van der Waals surface area contributed by atoms with Gasteiger partial charge in [0.25, 0.3) is 0 Å². The van der Waals surface area contributed by atoms with Crippen molar-refractivity contribution in [3.05, 3.63) is 31.0 Å². The van der Waals surface area contributed by atoms with Gasteiger partial charge in [-0.05, 0) is 49.9 Å². The van der Waals surface area contributed by atoms with E-state index >= 15 is 0 Å². The lowest BCUT2D eigenvalue weighted by Crippen LogP contribution is -2.34.